The first-order chi connectivity index (χ1) is 13.6. The summed E-state index contributed by atoms with van der Waals surface area (Å²) in [4.78, 5) is 4.55. The van der Waals surface area contributed by atoms with Gasteiger partial charge in [0, 0.05) is 21.3 Å². The molecule has 0 saturated heterocycles. The molecule has 9 heteroatoms. The molecule has 0 unspecified atom stereocenters. The molecule has 1 aromatic heterocycles. The molecule has 0 bridgehead atoms. The third kappa shape index (κ3) is 3.59. The Labute approximate surface area is 174 Å². The number of ether oxygens (including phenoxy) is 2. The summed E-state index contributed by atoms with van der Waals surface area (Å²) in [7, 11) is 1.51. The number of nitrogens with zero attached hydrogens (tertiary/aromatic N) is 3. The highest BCUT2D eigenvalue weighted by molar-refractivity contribution is 9.10. The van der Waals surface area contributed by atoms with Crippen molar-refractivity contribution in [2.24, 2.45) is 0 Å². The van der Waals surface area contributed by atoms with Crippen LogP contribution >= 0.6 is 27.7 Å². The number of anilines is 1. The van der Waals surface area contributed by atoms with Crippen molar-refractivity contribution in [2.45, 2.75) is 18.3 Å². The Morgan fingerprint density at radius 3 is 2.86 bits per heavy atom. The molecule has 2 heterocycles. The van der Waals surface area contributed by atoms with Gasteiger partial charge in [0.1, 0.15) is 0 Å². The van der Waals surface area contributed by atoms with Crippen molar-refractivity contribution in [1.29, 1.82) is 0 Å². The molecule has 1 aliphatic heterocycles. The molecule has 1 aliphatic rings. The van der Waals surface area contributed by atoms with Gasteiger partial charge in [-0.2, -0.15) is 4.98 Å². The van der Waals surface area contributed by atoms with Gasteiger partial charge in [-0.15, -0.1) is 10.2 Å². The van der Waals surface area contributed by atoms with E-state index in [1.54, 1.807) is 12.1 Å². The highest BCUT2D eigenvalue weighted by atomic mass is 79.9. The number of phenols is 1. The lowest BCUT2D eigenvalue weighted by Crippen LogP contribution is -2.17. The minimum Gasteiger partial charge on any atom is -0.504 e. The number of nitrogens with one attached hydrogen (secondary N) is 1. The Bertz CT molecular complexity index is 1030. The van der Waals surface area contributed by atoms with E-state index in [0.29, 0.717) is 22.5 Å². The molecule has 4 rings (SSSR count). The van der Waals surface area contributed by atoms with Crippen LogP contribution in [0.5, 0.6) is 17.4 Å². The number of aromatic nitrogens is 3. The van der Waals surface area contributed by atoms with Crippen LogP contribution in [0.3, 0.4) is 0 Å². The van der Waals surface area contributed by atoms with E-state index < -0.39 is 6.23 Å². The minimum atomic E-state index is -0.575. The van der Waals surface area contributed by atoms with Gasteiger partial charge in [-0.3, -0.25) is 0 Å². The quantitative estimate of drug-likeness (QED) is 0.544. The van der Waals surface area contributed by atoms with E-state index in [4.69, 9.17) is 9.47 Å². The van der Waals surface area contributed by atoms with E-state index in [0.717, 1.165) is 27.0 Å². The monoisotopic (exact) mass is 460 g/mol. The first kappa shape index (κ1) is 18.8. The molecule has 1 atom stereocenters. The maximum Gasteiger partial charge on any atom is 0.247 e. The van der Waals surface area contributed by atoms with Gasteiger partial charge in [0.15, 0.2) is 23.4 Å². The summed E-state index contributed by atoms with van der Waals surface area (Å²) >= 11 is 5.00. The number of methoxy groups -OCH3 is 1. The second-order valence-corrected chi connectivity index (χ2v) is 8.09. The SMILES string of the molecule is CCSc1nnc2c(n1)O[C@@H](c1ccc(OC)c(O)c1)Nc1ccc(Br)cc1-2. The van der Waals surface area contributed by atoms with E-state index >= 15 is 0 Å². The zero-order valence-electron chi connectivity index (χ0n) is 15.1. The van der Waals surface area contributed by atoms with Crippen molar-refractivity contribution in [3.63, 3.8) is 0 Å². The molecule has 7 nitrogen and oxygen atoms in total. The normalized spacial score (nSPS) is 14.9. The molecule has 0 saturated carbocycles. The predicted molar refractivity (Wildman–Crippen MR) is 111 cm³/mol. The van der Waals surface area contributed by atoms with Crippen LogP contribution in [-0.4, -0.2) is 33.2 Å². The number of thioether (sulfide) groups is 1. The molecule has 3 aromatic rings. The van der Waals surface area contributed by atoms with Crippen molar-refractivity contribution in [3.8, 4) is 28.6 Å². The highest BCUT2D eigenvalue weighted by Gasteiger charge is 2.27. The van der Waals surface area contributed by atoms with Gasteiger partial charge in [-0.25, -0.2) is 0 Å². The Morgan fingerprint density at radius 2 is 2.11 bits per heavy atom. The second kappa shape index (κ2) is 7.84. The molecular weight excluding hydrogens is 444 g/mol. The largest absolute Gasteiger partial charge is 0.504 e. The second-order valence-electron chi connectivity index (χ2n) is 5.94. The van der Waals surface area contributed by atoms with Gasteiger partial charge >= 0.3 is 0 Å². The van der Waals surface area contributed by atoms with Gasteiger partial charge in [0.05, 0.1) is 7.11 Å². The van der Waals surface area contributed by atoms with Crippen LogP contribution in [0.1, 0.15) is 18.7 Å². The molecule has 2 N–H and O–H groups in total. The highest BCUT2D eigenvalue weighted by Crippen LogP contribution is 2.41. The molecule has 0 aliphatic carbocycles. The van der Waals surface area contributed by atoms with Crippen LogP contribution in [0, 0.1) is 0 Å². The average Bonchev–Trinajstić information content (AvgIpc) is 2.84. The van der Waals surface area contributed by atoms with Crippen molar-refractivity contribution in [3.05, 3.63) is 46.4 Å². The maximum absolute atomic E-state index is 10.2. The molecule has 0 radical (unpaired) electrons. The number of fused-ring (bicyclic) bond motifs is 3. The number of benzene rings is 2. The zero-order chi connectivity index (χ0) is 19.7. The van der Waals surface area contributed by atoms with Gasteiger partial charge in [-0.1, -0.05) is 34.6 Å². The number of aromatic hydroxyl groups is 1. The number of hydrogen-bond donors (Lipinski definition) is 2. The molecule has 2 aromatic carbocycles. The lowest BCUT2D eigenvalue weighted by molar-refractivity contribution is 0.224. The third-order valence-electron chi connectivity index (χ3n) is 4.17. The van der Waals surface area contributed by atoms with E-state index in [-0.39, 0.29) is 5.75 Å². The van der Waals surface area contributed by atoms with E-state index in [1.165, 1.54) is 18.9 Å². The van der Waals surface area contributed by atoms with Crippen LogP contribution in [-0.2, 0) is 0 Å². The zero-order valence-corrected chi connectivity index (χ0v) is 17.5. The first-order valence-electron chi connectivity index (χ1n) is 8.56. The van der Waals surface area contributed by atoms with E-state index in [2.05, 4.69) is 36.4 Å². The summed E-state index contributed by atoms with van der Waals surface area (Å²) in [6, 6.07) is 10.9. The molecular formula is C19H17BrN4O3S. The lowest BCUT2D eigenvalue weighted by Gasteiger charge is -2.20. The Balaban J connectivity index is 1.83. The lowest BCUT2D eigenvalue weighted by atomic mass is 10.1. The first-order valence-corrected chi connectivity index (χ1v) is 10.3. The maximum atomic E-state index is 10.2. The molecule has 144 valence electrons. The molecule has 0 amide bonds. The van der Waals surface area contributed by atoms with Crippen LogP contribution in [0.15, 0.2) is 46.0 Å². The summed E-state index contributed by atoms with van der Waals surface area (Å²) in [6.07, 6.45) is -0.575. The fraction of sp³-hybridized carbons (Fsp3) is 0.211. The van der Waals surface area contributed by atoms with Crippen LogP contribution in [0.25, 0.3) is 11.3 Å². The van der Waals surface area contributed by atoms with Crippen LogP contribution < -0.4 is 14.8 Å². The number of hydrogen-bond acceptors (Lipinski definition) is 8. The summed E-state index contributed by atoms with van der Waals surface area (Å²) in [5, 5.41) is 22.7. The Kier molecular flexibility index (Phi) is 5.27. The van der Waals surface area contributed by atoms with E-state index in [1.807, 2.05) is 31.2 Å². The van der Waals surface area contributed by atoms with Gasteiger partial charge in [0.2, 0.25) is 11.0 Å². The third-order valence-corrected chi connectivity index (χ3v) is 5.38. The molecule has 0 spiro atoms. The van der Waals surface area contributed by atoms with Crippen molar-refractivity contribution >= 4 is 33.4 Å². The number of halogens is 1. The number of phenolic OH excluding ortho intramolecular Hbond substituents is 1. The predicted octanol–water partition coefficient (Wildman–Crippen LogP) is 4.63. The number of rotatable bonds is 4. The van der Waals surface area contributed by atoms with E-state index in [9.17, 15) is 5.11 Å². The molecule has 28 heavy (non-hydrogen) atoms. The van der Waals surface area contributed by atoms with Gasteiger partial charge < -0.3 is 19.9 Å². The van der Waals surface area contributed by atoms with Crippen molar-refractivity contribution in [2.75, 3.05) is 18.2 Å². The fourth-order valence-corrected chi connectivity index (χ4v) is 3.75. The summed E-state index contributed by atoms with van der Waals surface area (Å²) < 4.78 is 12.2. The summed E-state index contributed by atoms with van der Waals surface area (Å²) in [6.45, 7) is 2.03. The summed E-state index contributed by atoms with van der Waals surface area (Å²) in [5.41, 5.74) is 2.94. The fourth-order valence-electron chi connectivity index (χ4n) is 2.88. The van der Waals surface area contributed by atoms with Crippen molar-refractivity contribution in [1.82, 2.24) is 15.2 Å². The molecule has 0 fully saturated rings. The van der Waals surface area contributed by atoms with Gasteiger partial charge in [-0.05, 0) is 42.2 Å². The van der Waals surface area contributed by atoms with Crippen molar-refractivity contribution < 1.29 is 14.6 Å². The Hall–Kier alpha value is -2.52. The average molecular weight is 461 g/mol. The van der Waals surface area contributed by atoms with Gasteiger partial charge in [0.25, 0.3) is 0 Å². The minimum absolute atomic E-state index is 0.0361. The summed E-state index contributed by atoms with van der Waals surface area (Å²) in [5.74, 6) is 1.65. The van der Waals surface area contributed by atoms with Crippen LogP contribution in [0.2, 0.25) is 0 Å². The topological polar surface area (TPSA) is 89.4 Å². The Morgan fingerprint density at radius 1 is 1.25 bits per heavy atom. The standard InChI is InChI=1S/C19H17BrN4O3S/c1-3-28-19-22-18-16(23-24-19)12-9-11(20)5-6-13(12)21-17(27-18)10-4-7-15(26-2)14(25)8-10/h4-9,17,21,25H,3H2,1-2H3/t17-/m0/s1. The van der Waals surface area contributed by atoms with Crippen LogP contribution in [0.4, 0.5) is 5.69 Å². The smallest absolute Gasteiger partial charge is 0.247 e.